The molecule has 0 atom stereocenters. The summed E-state index contributed by atoms with van der Waals surface area (Å²) < 4.78 is 13.7. The van der Waals surface area contributed by atoms with Gasteiger partial charge in [-0.05, 0) is 54.1 Å². The number of nitrogens with zero attached hydrogens (tertiary/aromatic N) is 4. The first-order chi connectivity index (χ1) is 19.7. The molecule has 5 heterocycles. The smallest absolute Gasteiger partial charge is 0.250 e. The minimum absolute atomic E-state index is 0.137. The lowest BCUT2D eigenvalue weighted by atomic mass is 10.1. The number of benzene rings is 2. The number of hydrogen-bond acceptors (Lipinski definition) is 8. The average Bonchev–Trinajstić information content (AvgIpc) is 3.54. The number of fused-ring (bicyclic) bond motifs is 2. The lowest BCUT2D eigenvalue weighted by Crippen LogP contribution is -2.36. The fraction of sp³-hybridized carbons (Fsp3) is 0.167. The Hall–Kier alpha value is -4.54. The Labute approximate surface area is 234 Å². The largest absolute Gasteiger partial charge is 0.454 e. The van der Waals surface area contributed by atoms with E-state index in [0.717, 1.165) is 68.3 Å². The summed E-state index contributed by atoms with van der Waals surface area (Å²) in [5.41, 5.74) is 5.31. The van der Waals surface area contributed by atoms with Crippen LogP contribution >= 0.6 is 11.8 Å². The molecule has 1 fully saturated rings. The summed E-state index contributed by atoms with van der Waals surface area (Å²) in [5, 5.41) is 7.78. The molecule has 0 spiro atoms. The molecule has 0 bridgehead atoms. The van der Waals surface area contributed by atoms with E-state index in [0.29, 0.717) is 19.8 Å². The lowest BCUT2D eigenvalue weighted by Gasteiger charge is -2.29. The Balaban J connectivity index is 1.11. The number of rotatable bonds is 6. The van der Waals surface area contributed by atoms with Gasteiger partial charge in [0.15, 0.2) is 5.75 Å². The highest BCUT2D eigenvalue weighted by Gasteiger charge is 2.23. The number of para-hydroxylation sites is 1. The number of H-pyrrole nitrogens is 1. The van der Waals surface area contributed by atoms with E-state index < -0.39 is 0 Å². The fourth-order valence-electron chi connectivity index (χ4n) is 4.92. The van der Waals surface area contributed by atoms with Gasteiger partial charge in [-0.3, -0.25) is 9.78 Å². The van der Waals surface area contributed by atoms with Gasteiger partial charge in [-0.15, -0.1) is 0 Å². The summed E-state index contributed by atoms with van der Waals surface area (Å²) in [7, 11) is 0. The van der Waals surface area contributed by atoms with E-state index in [1.54, 1.807) is 34.9 Å². The maximum absolute atomic E-state index is 12.6. The Morgan fingerprint density at radius 3 is 2.77 bits per heavy atom. The third-order valence-electron chi connectivity index (χ3n) is 6.90. The van der Waals surface area contributed by atoms with Crippen molar-refractivity contribution in [1.82, 2.24) is 19.7 Å². The third kappa shape index (κ3) is 4.94. The Morgan fingerprint density at radius 1 is 0.975 bits per heavy atom. The van der Waals surface area contributed by atoms with E-state index in [9.17, 15) is 4.79 Å². The first kappa shape index (κ1) is 24.5. The number of anilines is 2. The van der Waals surface area contributed by atoms with Gasteiger partial charge >= 0.3 is 0 Å². The Bertz CT molecular complexity index is 1730. The standard InChI is InChI=1S/C30H26N6O3S/c37-29-16-22(35-9-11-38-12-10-35)15-25(34-29)24-3-1-4-27-30(24)39-26-6-5-21(14-28(26)40-27)32-18-20-13-23(19-31-17-20)36-8-2-7-33-36/h1-8,13-17,19,32H,9-12,18H2,(H,34,37). The van der Waals surface area contributed by atoms with Gasteiger partial charge in [-0.1, -0.05) is 17.8 Å². The minimum Gasteiger partial charge on any atom is -0.454 e. The molecule has 9 nitrogen and oxygen atoms in total. The van der Waals surface area contributed by atoms with Crippen LogP contribution in [0.2, 0.25) is 0 Å². The van der Waals surface area contributed by atoms with Crippen LogP contribution in [0.1, 0.15) is 5.56 Å². The SMILES string of the molecule is O=c1cc(N2CCOCC2)cc(-c2cccc3c2Oc2ccc(NCc4cncc(-n5cccn5)c4)cc2S3)[nH]1. The van der Waals surface area contributed by atoms with Crippen LogP contribution in [0.3, 0.4) is 0 Å². The van der Waals surface area contributed by atoms with Gasteiger partial charge in [0.2, 0.25) is 5.56 Å². The van der Waals surface area contributed by atoms with E-state index in [-0.39, 0.29) is 5.56 Å². The van der Waals surface area contributed by atoms with Crippen LogP contribution in [0.25, 0.3) is 16.9 Å². The second-order valence-corrected chi connectivity index (χ2v) is 10.7. The summed E-state index contributed by atoms with van der Waals surface area (Å²) in [5.74, 6) is 1.53. The van der Waals surface area contributed by atoms with E-state index in [2.05, 4.69) is 37.4 Å². The summed E-state index contributed by atoms with van der Waals surface area (Å²) in [6.07, 6.45) is 7.30. The topological polar surface area (TPSA) is 97.3 Å². The van der Waals surface area contributed by atoms with Crippen molar-refractivity contribution in [3.8, 4) is 28.4 Å². The molecule has 0 unspecified atom stereocenters. The van der Waals surface area contributed by atoms with Crippen molar-refractivity contribution in [2.75, 3.05) is 36.5 Å². The molecular formula is C30H26N6O3S. The van der Waals surface area contributed by atoms with Gasteiger partial charge in [0.1, 0.15) is 5.75 Å². The highest BCUT2D eigenvalue weighted by atomic mass is 32.2. The molecular weight excluding hydrogens is 524 g/mol. The number of ether oxygens (including phenoxy) is 2. The van der Waals surface area contributed by atoms with Crippen molar-refractivity contribution >= 4 is 23.1 Å². The van der Waals surface area contributed by atoms with Gasteiger partial charge in [0.05, 0.1) is 40.6 Å². The fourth-order valence-corrected chi connectivity index (χ4v) is 5.95. The molecule has 2 aromatic carbocycles. The molecule has 2 aliphatic rings. The summed E-state index contributed by atoms with van der Waals surface area (Å²) in [6.45, 7) is 3.46. The molecule has 0 aliphatic carbocycles. The quantitative estimate of drug-likeness (QED) is 0.287. The normalized spacial score (nSPS) is 14.2. The van der Waals surface area contributed by atoms with Crippen molar-refractivity contribution in [2.45, 2.75) is 16.3 Å². The summed E-state index contributed by atoms with van der Waals surface area (Å²) >= 11 is 1.66. The van der Waals surface area contributed by atoms with Crippen molar-refractivity contribution in [2.24, 2.45) is 0 Å². The van der Waals surface area contributed by atoms with Crippen LogP contribution in [-0.4, -0.2) is 46.1 Å². The summed E-state index contributed by atoms with van der Waals surface area (Å²) in [4.78, 5) is 24.2. The second kappa shape index (κ2) is 10.6. The van der Waals surface area contributed by atoms with Gasteiger partial charge < -0.3 is 24.7 Å². The van der Waals surface area contributed by atoms with Crippen LogP contribution in [0, 0.1) is 0 Å². The van der Waals surface area contributed by atoms with Crippen molar-refractivity contribution in [3.05, 3.63) is 101 Å². The lowest BCUT2D eigenvalue weighted by molar-refractivity contribution is 0.122. The van der Waals surface area contributed by atoms with Gasteiger partial charge in [-0.2, -0.15) is 5.10 Å². The first-order valence-electron chi connectivity index (χ1n) is 13.1. The van der Waals surface area contributed by atoms with Gasteiger partial charge in [-0.25, -0.2) is 4.68 Å². The minimum atomic E-state index is -0.137. The molecule has 5 aromatic rings. The number of pyridine rings is 2. The van der Waals surface area contributed by atoms with Crippen molar-refractivity contribution < 1.29 is 9.47 Å². The zero-order valence-electron chi connectivity index (χ0n) is 21.5. The predicted molar refractivity (Wildman–Crippen MR) is 155 cm³/mol. The van der Waals surface area contributed by atoms with Crippen LogP contribution in [0.4, 0.5) is 11.4 Å². The summed E-state index contributed by atoms with van der Waals surface area (Å²) in [6, 6.07) is 19.7. The maximum atomic E-state index is 12.6. The number of hydrogen-bond donors (Lipinski definition) is 2. The molecule has 0 amide bonds. The predicted octanol–water partition coefficient (Wildman–Crippen LogP) is 5.33. The van der Waals surface area contributed by atoms with E-state index in [1.807, 2.05) is 54.9 Å². The first-order valence-corrected chi connectivity index (χ1v) is 13.9. The number of morpholine rings is 1. The number of aromatic amines is 1. The highest BCUT2D eigenvalue weighted by molar-refractivity contribution is 7.99. The van der Waals surface area contributed by atoms with E-state index in [4.69, 9.17) is 9.47 Å². The molecule has 0 saturated carbocycles. The molecule has 0 radical (unpaired) electrons. The second-order valence-electron chi connectivity index (χ2n) is 9.57. The monoisotopic (exact) mass is 550 g/mol. The molecule has 200 valence electrons. The number of aromatic nitrogens is 4. The van der Waals surface area contributed by atoms with Gasteiger partial charge in [0.25, 0.3) is 0 Å². The molecule has 1 saturated heterocycles. The van der Waals surface area contributed by atoms with Crippen LogP contribution in [0.15, 0.2) is 100 Å². The third-order valence-corrected chi connectivity index (χ3v) is 7.98. The van der Waals surface area contributed by atoms with Gasteiger partial charge in [0, 0.05) is 61.2 Å². The molecule has 10 heteroatoms. The molecule has 7 rings (SSSR count). The van der Waals surface area contributed by atoms with E-state index >= 15 is 0 Å². The van der Waals surface area contributed by atoms with Crippen molar-refractivity contribution in [3.63, 3.8) is 0 Å². The Morgan fingerprint density at radius 2 is 1.90 bits per heavy atom. The highest BCUT2D eigenvalue weighted by Crippen LogP contribution is 2.51. The Kier molecular flexibility index (Phi) is 6.46. The molecule has 2 aliphatic heterocycles. The van der Waals surface area contributed by atoms with Crippen LogP contribution < -0.4 is 20.5 Å². The zero-order chi connectivity index (χ0) is 26.9. The van der Waals surface area contributed by atoms with Crippen molar-refractivity contribution in [1.29, 1.82) is 0 Å². The van der Waals surface area contributed by atoms with E-state index in [1.165, 1.54) is 0 Å². The molecule has 40 heavy (non-hydrogen) atoms. The maximum Gasteiger partial charge on any atom is 0.250 e. The van der Waals surface area contributed by atoms with Crippen LogP contribution in [-0.2, 0) is 11.3 Å². The zero-order valence-corrected chi connectivity index (χ0v) is 22.4. The van der Waals surface area contributed by atoms with Crippen LogP contribution in [0.5, 0.6) is 11.5 Å². The molecule has 3 aromatic heterocycles. The average molecular weight is 551 g/mol. The molecule has 2 N–H and O–H groups in total. The number of nitrogens with one attached hydrogen (secondary N) is 2.